The Morgan fingerprint density at radius 2 is 1.81 bits per heavy atom. The highest BCUT2D eigenvalue weighted by Crippen LogP contribution is 2.44. The van der Waals surface area contributed by atoms with Crippen LogP contribution in [-0.2, 0) is 10.5 Å². The number of fused-ring (bicyclic) bond motifs is 1. The summed E-state index contributed by atoms with van der Waals surface area (Å²) in [5, 5.41) is 1.13. The lowest BCUT2D eigenvalue weighted by molar-refractivity contribution is -0.133. The molecule has 2 saturated heterocycles. The van der Waals surface area contributed by atoms with E-state index in [1.165, 1.54) is 24.1 Å². The van der Waals surface area contributed by atoms with Gasteiger partial charge in [-0.1, -0.05) is 23.7 Å². The Labute approximate surface area is 199 Å². The molecule has 2 fully saturated rings. The van der Waals surface area contributed by atoms with Crippen molar-refractivity contribution in [3.05, 3.63) is 52.4 Å². The van der Waals surface area contributed by atoms with Gasteiger partial charge < -0.3 is 14.7 Å². The fourth-order valence-electron chi connectivity index (χ4n) is 5.10. The second kappa shape index (κ2) is 9.57. The Balaban J connectivity index is 1.30. The zero-order valence-electron chi connectivity index (χ0n) is 18.5. The first kappa shape index (κ1) is 22.0. The summed E-state index contributed by atoms with van der Waals surface area (Å²) in [5.41, 5.74) is 3.51. The van der Waals surface area contributed by atoms with Gasteiger partial charge in [0.25, 0.3) is 0 Å². The van der Waals surface area contributed by atoms with Crippen molar-refractivity contribution in [3.63, 3.8) is 0 Å². The lowest BCUT2D eigenvalue weighted by Gasteiger charge is -2.38. The van der Waals surface area contributed by atoms with E-state index in [2.05, 4.69) is 26.7 Å². The van der Waals surface area contributed by atoms with Crippen molar-refractivity contribution in [1.29, 1.82) is 0 Å². The average Bonchev–Trinajstić information content (AvgIpc) is 3.48. The molecule has 1 amide bonds. The van der Waals surface area contributed by atoms with Gasteiger partial charge >= 0.3 is 0 Å². The van der Waals surface area contributed by atoms with E-state index in [0.717, 1.165) is 62.9 Å². The predicted molar refractivity (Wildman–Crippen MR) is 130 cm³/mol. The Morgan fingerprint density at radius 3 is 2.53 bits per heavy atom. The fourth-order valence-corrected chi connectivity index (χ4v) is 6.27. The fraction of sp³-hybridized carbons (Fsp3) is 0.542. The van der Waals surface area contributed by atoms with Crippen molar-refractivity contribution in [1.82, 2.24) is 19.8 Å². The highest BCUT2D eigenvalue weighted by molar-refractivity contribution is 7.99. The molecule has 32 heavy (non-hydrogen) atoms. The summed E-state index contributed by atoms with van der Waals surface area (Å²) in [7, 11) is 0. The van der Waals surface area contributed by atoms with Crippen LogP contribution < -0.4 is 4.90 Å². The van der Waals surface area contributed by atoms with Gasteiger partial charge in [-0.3, -0.25) is 4.79 Å². The lowest BCUT2D eigenvalue weighted by Crippen LogP contribution is -2.51. The minimum atomic E-state index is -0.142. The van der Waals surface area contributed by atoms with Crippen LogP contribution in [0.15, 0.2) is 30.6 Å². The third-order valence-electron chi connectivity index (χ3n) is 6.92. The first-order valence-electron chi connectivity index (χ1n) is 11.6. The third-order valence-corrected chi connectivity index (χ3v) is 8.35. The van der Waals surface area contributed by atoms with Crippen molar-refractivity contribution >= 4 is 35.1 Å². The molecule has 2 aromatic rings. The topological polar surface area (TPSA) is 52.6 Å². The van der Waals surface area contributed by atoms with Crippen LogP contribution in [0.25, 0.3) is 0 Å². The molecule has 5 rings (SSSR count). The maximum Gasteiger partial charge on any atom is 0.231 e. The summed E-state index contributed by atoms with van der Waals surface area (Å²) in [4.78, 5) is 29.6. The Morgan fingerprint density at radius 1 is 1.09 bits per heavy atom. The SMILES string of the molecule is CC1SCc2ncnc(N3CCN(C(=O)C(CN4CCCC4)c4ccc(Cl)cc4)CC3)c21. The Hall–Kier alpha value is -1.83. The first-order valence-corrected chi connectivity index (χ1v) is 13.0. The van der Waals surface area contributed by atoms with Crippen molar-refractivity contribution in [3.8, 4) is 0 Å². The molecular formula is C24H30ClN5OS. The number of nitrogens with zero attached hydrogens (tertiary/aromatic N) is 5. The number of thioether (sulfide) groups is 1. The molecule has 8 heteroatoms. The molecule has 1 aromatic heterocycles. The molecule has 2 unspecified atom stereocenters. The number of hydrogen-bond acceptors (Lipinski definition) is 6. The van der Waals surface area contributed by atoms with Crippen molar-refractivity contribution in [2.75, 3.05) is 50.7 Å². The van der Waals surface area contributed by atoms with Gasteiger partial charge in [-0.05, 0) is 50.6 Å². The third kappa shape index (κ3) is 4.47. The molecule has 2 atom stereocenters. The molecule has 0 saturated carbocycles. The maximum atomic E-state index is 13.7. The van der Waals surface area contributed by atoms with Crippen LogP contribution in [0.4, 0.5) is 5.82 Å². The van der Waals surface area contributed by atoms with Crippen molar-refractivity contribution in [2.24, 2.45) is 0 Å². The number of carbonyl (C=O) groups is 1. The molecule has 4 heterocycles. The van der Waals surface area contributed by atoms with E-state index >= 15 is 0 Å². The van der Waals surface area contributed by atoms with Gasteiger partial charge in [0, 0.05) is 54.3 Å². The zero-order chi connectivity index (χ0) is 22.1. The van der Waals surface area contributed by atoms with E-state index in [0.29, 0.717) is 10.3 Å². The van der Waals surface area contributed by atoms with Crippen LogP contribution >= 0.6 is 23.4 Å². The molecule has 6 nitrogen and oxygen atoms in total. The standard InChI is InChI=1S/C24H30ClN5OS/c1-17-22-21(15-32-17)26-16-27-23(22)29-10-12-30(13-11-29)24(31)20(14-28-8-2-3-9-28)18-4-6-19(25)7-5-18/h4-7,16-17,20H,2-3,8-15H2,1H3. The van der Waals surface area contributed by atoms with Gasteiger partial charge in [0.2, 0.25) is 5.91 Å². The minimum absolute atomic E-state index is 0.142. The van der Waals surface area contributed by atoms with Crippen LogP contribution in [0.5, 0.6) is 0 Å². The average molecular weight is 472 g/mol. The van der Waals surface area contributed by atoms with Crippen LogP contribution in [0.1, 0.15) is 47.8 Å². The van der Waals surface area contributed by atoms with Crippen LogP contribution in [-0.4, -0.2) is 71.5 Å². The number of rotatable bonds is 5. The molecule has 0 radical (unpaired) electrons. The molecule has 170 valence electrons. The smallest absolute Gasteiger partial charge is 0.231 e. The number of hydrogen-bond donors (Lipinski definition) is 0. The lowest BCUT2D eigenvalue weighted by atomic mass is 9.96. The predicted octanol–water partition coefficient (Wildman–Crippen LogP) is 3.97. The highest BCUT2D eigenvalue weighted by atomic mass is 35.5. The quantitative estimate of drug-likeness (QED) is 0.657. The van der Waals surface area contributed by atoms with E-state index in [4.69, 9.17) is 11.6 Å². The number of likely N-dealkylation sites (tertiary alicyclic amines) is 1. The largest absolute Gasteiger partial charge is 0.353 e. The van der Waals surface area contributed by atoms with Gasteiger partial charge in [-0.25, -0.2) is 9.97 Å². The van der Waals surface area contributed by atoms with Gasteiger partial charge in [0.15, 0.2) is 0 Å². The number of amides is 1. The second-order valence-electron chi connectivity index (χ2n) is 8.94. The van der Waals surface area contributed by atoms with E-state index in [1.807, 2.05) is 40.9 Å². The number of halogens is 1. The van der Waals surface area contributed by atoms with Gasteiger partial charge in [-0.2, -0.15) is 0 Å². The van der Waals surface area contributed by atoms with E-state index in [9.17, 15) is 4.79 Å². The molecule has 0 N–H and O–H groups in total. The maximum absolute atomic E-state index is 13.7. The summed E-state index contributed by atoms with van der Waals surface area (Å²) in [6.45, 7) is 8.26. The van der Waals surface area contributed by atoms with Crippen LogP contribution in [0, 0.1) is 0 Å². The van der Waals surface area contributed by atoms with Crippen LogP contribution in [0.3, 0.4) is 0 Å². The summed E-state index contributed by atoms with van der Waals surface area (Å²) in [6, 6.07) is 7.82. The molecule has 0 spiro atoms. The number of carbonyl (C=O) groups excluding carboxylic acids is 1. The highest BCUT2D eigenvalue weighted by Gasteiger charge is 2.33. The number of piperazine rings is 1. The van der Waals surface area contributed by atoms with Crippen LogP contribution in [0.2, 0.25) is 5.02 Å². The molecule has 0 bridgehead atoms. The zero-order valence-corrected chi connectivity index (χ0v) is 20.1. The summed E-state index contributed by atoms with van der Waals surface area (Å²) in [6.07, 6.45) is 4.14. The molecule has 3 aliphatic rings. The summed E-state index contributed by atoms with van der Waals surface area (Å²) < 4.78 is 0. The van der Waals surface area contributed by atoms with Crippen molar-refractivity contribution < 1.29 is 4.79 Å². The molecule has 1 aromatic carbocycles. The molecular weight excluding hydrogens is 442 g/mol. The second-order valence-corrected chi connectivity index (χ2v) is 10.7. The van der Waals surface area contributed by atoms with Gasteiger partial charge in [-0.15, -0.1) is 11.8 Å². The van der Waals surface area contributed by atoms with E-state index < -0.39 is 0 Å². The van der Waals surface area contributed by atoms with E-state index in [1.54, 1.807) is 6.33 Å². The summed E-state index contributed by atoms with van der Waals surface area (Å²) >= 11 is 8.04. The van der Waals surface area contributed by atoms with E-state index in [-0.39, 0.29) is 11.8 Å². The molecule has 0 aliphatic carbocycles. The minimum Gasteiger partial charge on any atom is -0.353 e. The normalized spacial score (nSPS) is 22.2. The van der Waals surface area contributed by atoms with Gasteiger partial charge in [0.05, 0.1) is 11.6 Å². The number of anilines is 1. The summed E-state index contributed by atoms with van der Waals surface area (Å²) in [5.74, 6) is 2.11. The monoisotopic (exact) mass is 471 g/mol. The van der Waals surface area contributed by atoms with Gasteiger partial charge in [0.1, 0.15) is 12.1 Å². The number of benzene rings is 1. The molecule has 3 aliphatic heterocycles. The Kier molecular flexibility index (Phi) is 6.58. The first-order chi connectivity index (χ1) is 15.6. The van der Waals surface area contributed by atoms with Crippen molar-refractivity contribution in [2.45, 2.75) is 36.7 Å². The Bertz CT molecular complexity index is 957. The number of aromatic nitrogens is 2.